The Morgan fingerprint density at radius 3 is 2.65 bits per heavy atom. The first-order valence-electron chi connectivity index (χ1n) is 7.63. The molecule has 0 radical (unpaired) electrons. The highest BCUT2D eigenvalue weighted by Gasteiger charge is 2.06. The molecule has 0 fully saturated rings. The molecule has 2 aromatic rings. The quantitative estimate of drug-likeness (QED) is 0.775. The van der Waals surface area contributed by atoms with Crippen molar-refractivity contribution in [3.8, 4) is 0 Å². The van der Waals surface area contributed by atoms with E-state index in [1.165, 1.54) is 36.9 Å². The van der Waals surface area contributed by atoms with Gasteiger partial charge in [-0.15, -0.1) is 0 Å². The van der Waals surface area contributed by atoms with E-state index >= 15 is 0 Å². The number of rotatable bonds is 8. The Kier molecular flexibility index (Phi) is 5.66. The van der Waals surface area contributed by atoms with Crippen molar-refractivity contribution in [2.24, 2.45) is 0 Å². The molecule has 0 saturated heterocycles. The van der Waals surface area contributed by atoms with E-state index < -0.39 is 0 Å². The smallest absolute Gasteiger partial charge is 0.0949 e. The van der Waals surface area contributed by atoms with Gasteiger partial charge in [0, 0.05) is 30.7 Å². The monoisotopic (exact) mass is 271 g/mol. The minimum atomic E-state index is 0.591. The molecule has 0 saturated carbocycles. The highest BCUT2D eigenvalue weighted by molar-refractivity contribution is 5.46. The molecule has 0 bridgehead atoms. The number of benzene rings is 1. The standard InChI is InChI=1S/C17H25N3/c1-3-6-16(7-4-2)19-17-9-5-8-15(12-17)13-20-11-10-18-14-20/h5,8-12,14,16,19H,3-4,6-7,13H2,1-2H3. The first kappa shape index (κ1) is 14.6. The van der Waals surface area contributed by atoms with Crippen molar-refractivity contribution in [2.45, 2.75) is 52.1 Å². The highest BCUT2D eigenvalue weighted by atomic mass is 15.0. The van der Waals surface area contributed by atoms with E-state index in [1.807, 2.05) is 18.7 Å². The van der Waals surface area contributed by atoms with Crippen LogP contribution in [0.15, 0.2) is 43.0 Å². The minimum Gasteiger partial charge on any atom is -0.382 e. The first-order chi connectivity index (χ1) is 9.81. The number of imidazole rings is 1. The van der Waals surface area contributed by atoms with Crippen LogP contribution in [-0.4, -0.2) is 15.6 Å². The van der Waals surface area contributed by atoms with Gasteiger partial charge in [-0.05, 0) is 30.5 Å². The lowest BCUT2D eigenvalue weighted by Crippen LogP contribution is -2.18. The van der Waals surface area contributed by atoms with Crippen molar-refractivity contribution < 1.29 is 0 Å². The van der Waals surface area contributed by atoms with E-state index in [4.69, 9.17) is 0 Å². The predicted molar refractivity (Wildman–Crippen MR) is 85.0 cm³/mol. The summed E-state index contributed by atoms with van der Waals surface area (Å²) < 4.78 is 2.09. The molecule has 3 heteroatoms. The largest absolute Gasteiger partial charge is 0.382 e. The van der Waals surface area contributed by atoms with E-state index in [0.717, 1.165) is 6.54 Å². The predicted octanol–water partition coefficient (Wildman–Crippen LogP) is 4.31. The van der Waals surface area contributed by atoms with Crippen molar-refractivity contribution in [1.29, 1.82) is 0 Å². The molecule has 1 aromatic carbocycles. The van der Waals surface area contributed by atoms with Crippen molar-refractivity contribution in [2.75, 3.05) is 5.32 Å². The van der Waals surface area contributed by atoms with Crippen molar-refractivity contribution >= 4 is 5.69 Å². The maximum atomic E-state index is 4.09. The van der Waals surface area contributed by atoms with Gasteiger partial charge in [0.2, 0.25) is 0 Å². The summed E-state index contributed by atoms with van der Waals surface area (Å²) in [4.78, 5) is 4.09. The molecule has 0 aliphatic heterocycles. The van der Waals surface area contributed by atoms with E-state index in [-0.39, 0.29) is 0 Å². The zero-order valence-corrected chi connectivity index (χ0v) is 12.5. The zero-order chi connectivity index (χ0) is 14.2. The van der Waals surface area contributed by atoms with Gasteiger partial charge in [0.05, 0.1) is 6.33 Å². The van der Waals surface area contributed by atoms with Crippen LogP contribution < -0.4 is 5.32 Å². The van der Waals surface area contributed by atoms with Crippen LogP contribution in [0.4, 0.5) is 5.69 Å². The molecule has 1 aromatic heterocycles. The molecule has 0 unspecified atom stereocenters. The number of hydrogen-bond acceptors (Lipinski definition) is 2. The van der Waals surface area contributed by atoms with Gasteiger partial charge in [-0.25, -0.2) is 4.98 Å². The van der Waals surface area contributed by atoms with Gasteiger partial charge in [0.1, 0.15) is 0 Å². The molecule has 0 spiro atoms. The van der Waals surface area contributed by atoms with Crippen molar-refractivity contribution in [1.82, 2.24) is 9.55 Å². The third kappa shape index (κ3) is 4.41. The molecule has 0 aliphatic carbocycles. The Labute approximate surface area is 122 Å². The summed E-state index contributed by atoms with van der Waals surface area (Å²) in [5, 5.41) is 3.68. The number of nitrogens with one attached hydrogen (secondary N) is 1. The summed E-state index contributed by atoms with van der Waals surface area (Å²) >= 11 is 0. The fourth-order valence-corrected chi connectivity index (χ4v) is 2.57. The minimum absolute atomic E-state index is 0.591. The molecule has 1 heterocycles. The number of hydrogen-bond donors (Lipinski definition) is 1. The van der Waals surface area contributed by atoms with Gasteiger partial charge in [-0.2, -0.15) is 0 Å². The summed E-state index contributed by atoms with van der Waals surface area (Å²) in [6.45, 7) is 5.38. The number of anilines is 1. The van der Waals surface area contributed by atoms with E-state index in [1.54, 1.807) is 0 Å². The lowest BCUT2D eigenvalue weighted by molar-refractivity contribution is 0.586. The second-order valence-electron chi connectivity index (χ2n) is 5.35. The Morgan fingerprint density at radius 1 is 1.20 bits per heavy atom. The molecule has 0 amide bonds. The van der Waals surface area contributed by atoms with Crippen LogP contribution in [0.2, 0.25) is 0 Å². The van der Waals surface area contributed by atoms with Crippen LogP contribution in [0.3, 0.4) is 0 Å². The number of nitrogens with zero attached hydrogens (tertiary/aromatic N) is 2. The van der Waals surface area contributed by atoms with Gasteiger partial charge in [0.25, 0.3) is 0 Å². The lowest BCUT2D eigenvalue weighted by atomic mass is 10.1. The van der Waals surface area contributed by atoms with Crippen molar-refractivity contribution in [3.63, 3.8) is 0 Å². The molecule has 0 aliphatic rings. The van der Waals surface area contributed by atoms with Crippen LogP contribution in [0.5, 0.6) is 0 Å². The molecule has 1 N–H and O–H groups in total. The lowest BCUT2D eigenvalue weighted by Gasteiger charge is -2.19. The molecular formula is C17H25N3. The van der Waals surface area contributed by atoms with Crippen LogP contribution >= 0.6 is 0 Å². The maximum absolute atomic E-state index is 4.09. The van der Waals surface area contributed by atoms with Gasteiger partial charge in [-0.3, -0.25) is 0 Å². The highest BCUT2D eigenvalue weighted by Crippen LogP contribution is 2.16. The first-order valence-corrected chi connectivity index (χ1v) is 7.63. The van der Waals surface area contributed by atoms with Crippen LogP contribution in [-0.2, 0) is 6.54 Å². The third-order valence-corrected chi connectivity index (χ3v) is 3.50. The molecule has 3 nitrogen and oxygen atoms in total. The summed E-state index contributed by atoms with van der Waals surface area (Å²) in [5.41, 5.74) is 2.54. The fraction of sp³-hybridized carbons (Fsp3) is 0.471. The Bertz CT molecular complexity index is 485. The second-order valence-corrected chi connectivity index (χ2v) is 5.35. The van der Waals surface area contributed by atoms with Crippen LogP contribution in [0.25, 0.3) is 0 Å². The van der Waals surface area contributed by atoms with Crippen LogP contribution in [0.1, 0.15) is 45.1 Å². The molecule has 108 valence electrons. The fourth-order valence-electron chi connectivity index (χ4n) is 2.57. The topological polar surface area (TPSA) is 29.9 Å². The van der Waals surface area contributed by atoms with E-state index in [9.17, 15) is 0 Å². The van der Waals surface area contributed by atoms with Crippen molar-refractivity contribution in [3.05, 3.63) is 48.5 Å². The average Bonchev–Trinajstić information content (AvgIpc) is 2.93. The Morgan fingerprint density at radius 2 is 2.00 bits per heavy atom. The third-order valence-electron chi connectivity index (χ3n) is 3.50. The second kappa shape index (κ2) is 7.73. The molecule has 0 atom stereocenters. The summed E-state index contributed by atoms with van der Waals surface area (Å²) in [6.07, 6.45) is 10.6. The summed E-state index contributed by atoms with van der Waals surface area (Å²) in [6, 6.07) is 9.30. The number of aromatic nitrogens is 2. The van der Waals surface area contributed by atoms with Gasteiger partial charge in [-0.1, -0.05) is 38.8 Å². The summed E-state index contributed by atoms with van der Waals surface area (Å²) in [5.74, 6) is 0. The van der Waals surface area contributed by atoms with Gasteiger partial charge in [0.15, 0.2) is 0 Å². The average molecular weight is 271 g/mol. The normalized spacial score (nSPS) is 10.9. The molecule has 20 heavy (non-hydrogen) atoms. The molecular weight excluding hydrogens is 246 g/mol. The van der Waals surface area contributed by atoms with Gasteiger partial charge >= 0.3 is 0 Å². The van der Waals surface area contributed by atoms with Gasteiger partial charge < -0.3 is 9.88 Å². The maximum Gasteiger partial charge on any atom is 0.0949 e. The van der Waals surface area contributed by atoms with E-state index in [0.29, 0.717) is 6.04 Å². The Hall–Kier alpha value is -1.77. The zero-order valence-electron chi connectivity index (χ0n) is 12.5. The Balaban J connectivity index is 2.01. The SMILES string of the molecule is CCCC(CCC)Nc1cccc(Cn2ccnc2)c1. The van der Waals surface area contributed by atoms with Crippen LogP contribution in [0, 0.1) is 0 Å². The van der Waals surface area contributed by atoms with E-state index in [2.05, 4.69) is 53.0 Å². The summed E-state index contributed by atoms with van der Waals surface area (Å²) in [7, 11) is 0. The molecule has 2 rings (SSSR count).